The van der Waals surface area contributed by atoms with Crippen LogP contribution in [0.4, 0.5) is 0 Å². The second-order valence-electron chi connectivity index (χ2n) is 12.5. The molecule has 0 bridgehead atoms. The van der Waals surface area contributed by atoms with Gasteiger partial charge in [0.2, 0.25) is 5.91 Å². The Morgan fingerprint density at radius 2 is 1.09 bits per heavy atom. The van der Waals surface area contributed by atoms with E-state index < -0.39 is 5.97 Å². The molecule has 0 saturated carbocycles. The summed E-state index contributed by atoms with van der Waals surface area (Å²) in [6, 6.07) is 0. The van der Waals surface area contributed by atoms with Crippen LogP contribution < -0.4 is 5.32 Å². The van der Waals surface area contributed by atoms with Crippen molar-refractivity contribution in [3.8, 4) is 0 Å². The smallest absolute Gasteiger partial charge is 0.322 e. The van der Waals surface area contributed by atoms with Gasteiger partial charge in [-0.05, 0) is 76.7 Å². The highest BCUT2D eigenvalue weighted by molar-refractivity contribution is 5.80. The molecule has 0 aromatic heterocycles. The van der Waals surface area contributed by atoms with Crippen molar-refractivity contribution >= 4 is 17.8 Å². The number of nitrogens with one attached hydrogen (secondary N) is 1. The fraction of sp³-hybridized carbons (Fsp3) is 0.725. The van der Waals surface area contributed by atoms with E-state index in [4.69, 9.17) is 9.84 Å². The predicted molar refractivity (Wildman–Crippen MR) is 194 cm³/mol. The Labute approximate surface area is 282 Å². The summed E-state index contributed by atoms with van der Waals surface area (Å²) in [6.07, 6.45) is 44.1. The summed E-state index contributed by atoms with van der Waals surface area (Å²) < 4.78 is 5.81. The van der Waals surface area contributed by atoms with Crippen molar-refractivity contribution in [2.75, 3.05) is 6.54 Å². The molecule has 0 aromatic carbocycles. The van der Waals surface area contributed by atoms with E-state index in [2.05, 4.69) is 61.7 Å². The van der Waals surface area contributed by atoms with E-state index >= 15 is 0 Å². The van der Waals surface area contributed by atoms with E-state index in [0.717, 1.165) is 83.5 Å². The molecule has 0 radical (unpaired) electrons. The molecule has 1 amide bonds. The van der Waals surface area contributed by atoms with Crippen molar-refractivity contribution in [1.29, 1.82) is 0 Å². The highest BCUT2D eigenvalue weighted by atomic mass is 16.5. The Morgan fingerprint density at radius 1 is 0.587 bits per heavy atom. The molecule has 0 fully saturated rings. The summed E-state index contributed by atoms with van der Waals surface area (Å²) in [5.74, 6) is -1.36. The fourth-order valence-corrected chi connectivity index (χ4v) is 5.12. The average molecular weight is 644 g/mol. The number of unbranched alkanes of at least 4 members (excludes halogenated alkanes) is 16. The first-order valence-corrected chi connectivity index (χ1v) is 18.8. The maximum atomic E-state index is 12.5. The lowest BCUT2D eigenvalue weighted by atomic mass is 10.1. The molecule has 0 heterocycles. The van der Waals surface area contributed by atoms with Crippen LogP contribution in [-0.4, -0.2) is 35.6 Å². The third-order valence-corrected chi connectivity index (χ3v) is 7.96. The summed E-state index contributed by atoms with van der Waals surface area (Å²) in [4.78, 5) is 34.6. The molecule has 46 heavy (non-hydrogen) atoms. The van der Waals surface area contributed by atoms with Crippen LogP contribution in [0, 0.1) is 0 Å². The van der Waals surface area contributed by atoms with Gasteiger partial charge in [0.15, 0.2) is 0 Å². The van der Waals surface area contributed by atoms with Crippen LogP contribution in [0.5, 0.6) is 0 Å². The topological polar surface area (TPSA) is 92.7 Å². The van der Waals surface area contributed by atoms with E-state index in [-0.39, 0.29) is 24.5 Å². The second-order valence-corrected chi connectivity index (χ2v) is 12.5. The van der Waals surface area contributed by atoms with Crippen LogP contribution >= 0.6 is 0 Å². The number of rotatable bonds is 33. The lowest BCUT2D eigenvalue weighted by molar-refractivity contribution is -0.147. The van der Waals surface area contributed by atoms with Crippen molar-refractivity contribution in [1.82, 2.24) is 5.32 Å². The van der Waals surface area contributed by atoms with Crippen LogP contribution in [0.2, 0.25) is 0 Å². The number of amides is 1. The van der Waals surface area contributed by atoms with E-state index in [9.17, 15) is 14.4 Å². The van der Waals surface area contributed by atoms with Gasteiger partial charge in [0, 0.05) is 12.8 Å². The molecule has 2 N–H and O–H groups in total. The van der Waals surface area contributed by atoms with Crippen molar-refractivity contribution in [2.45, 2.75) is 180 Å². The summed E-state index contributed by atoms with van der Waals surface area (Å²) >= 11 is 0. The van der Waals surface area contributed by atoms with Crippen molar-refractivity contribution in [3.05, 3.63) is 48.6 Å². The number of carbonyl (C=O) groups excluding carboxylic acids is 2. The molecule has 0 aromatic rings. The normalized spacial score (nSPS) is 12.6. The van der Waals surface area contributed by atoms with Gasteiger partial charge in [-0.1, -0.05) is 133 Å². The maximum Gasteiger partial charge on any atom is 0.322 e. The SMILES string of the molecule is CCCC/C=C\C(CCCCCCC(=O)NCC(=O)O)OC(=O)CCCCCCCC/C=C\C/C=C\C/C=C\CCCCCCC. The second kappa shape index (κ2) is 35.2. The summed E-state index contributed by atoms with van der Waals surface area (Å²) in [5, 5.41) is 11.0. The largest absolute Gasteiger partial charge is 0.480 e. The van der Waals surface area contributed by atoms with E-state index in [0.29, 0.717) is 12.8 Å². The standard InChI is InChI=1S/C40H69NO5/c1-3-5-7-9-10-11-12-13-14-15-16-17-18-19-20-21-22-23-24-25-31-35-40(45)46-37(32-28-8-6-4-2)33-29-26-27-30-34-38(42)41-36-39(43)44/h12-13,15-16,18-19,28,32,37H,3-11,14,17,20-27,29-31,33-36H2,1-2H3,(H,41,42)(H,43,44)/b13-12-,16-15-,19-18-,32-28-. The minimum Gasteiger partial charge on any atom is -0.480 e. The van der Waals surface area contributed by atoms with Crippen LogP contribution in [-0.2, 0) is 19.1 Å². The van der Waals surface area contributed by atoms with Gasteiger partial charge in [0.05, 0.1) is 0 Å². The Balaban J connectivity index is 3.89. The van der Waals surface area contributed by atoms with E-state index in [1.807, 2.05) is 6.08 Å². The number of carbonyl (C=O) groups is 3. The average Bonchev–Trinajstić information content (AvgIpc) is 3.04. The molecule has 0 saturated heterocycles. The molecular weight excluding hydrogens is 574 g/mol. The first-order valence-electron chi connectivity index (χ1n) is 18.8. The first-order chi connectivity index (χ1) is 22.5. The number of aliphatic carboxylic acids is 1. The van der Waals surface area contributed by atoms with Gasteiger partial charge in [-0.25, -0.2) is 0 Å². The Bertz CT molecular complexity index is 845. The van der Waals surface area contributed by atoms with Crippen LogP contribution in [0.15, 0.2) is 48.6 Å². The Hall–Kier alpha value is -2.63. The lowest BCUT2D eigenvalue weighted by Crippen LogP contribution is -2.28. The number of allylic oxidation sites excluding steroid dienone is 7. The zero-order valence-electron chi connectivity index (χ0n) is 29.7. The van der Waals surface area contributed by atoms with Crippen molar-refractivity contribution in [3.63, 3.8) is 0 Å². The maximum absolute atomic E-state index is 12.5. The molecule has 1 unspecified atom stereocenters. The molecule has 0 spiro atoms. The first kappa shape index (κ1) is 43.4. The predicted octanol–water partition coefficient (Wildman–Crippen LogP) is 11.1. The summed E-state index contributed by atoms with van der Waals surface area (Å²) in [6.45, 7) is 4.10. The highest BCUT2D eigenvalue weighted by Gasteiger charge is 2.12. The van der Waals surface area contributed by atoms with Crippen molar-refractivity contribution in [2.24, 2.45) is 0 Å². The number of carboxylic acids is 1. The minimum absolute atomic E-state index is 0.103. The third-order valence-electron chi connectivity index (χ3n) is 7.96. The van der Waals surface area contributed by atoms with Gasteiger partial charge in [-0.2, -0.15) is 0 Å². The lowest BCUT2D eigenvalue weighted by Gasteiger charge is -2.15. The summed E-state index contributed by atoms with van der Waals surface area (Å²) in [7, 11) is 0. The van der Waals surface area contributed by atoms with Crippen LogP contribution in [0.1, 0.15) is 174 Å². The number of esters is 1. The van der Waals surface area contributed by atoms with Gasteiger partial charge in [0.25, 0.3) is 0 Å². The van der Waals surface area contributed by atoms with Gasteiger partial charge in [0.1, 0.15) is 12.6 Å². The Kier molecular flexibility index (Phi) is 33.2. The van der Waals surface area contributed by atoms with Gasteiger partial charge >= 0.3 is 11.9 Å². The van der Waals surface area contributed by atoms with Gasteiger partial charge in [-0.3, -0.25) is 14.4 Å². The van der Waals surface area contributed by atoms with Crippen LogP contribution in [0.25, 0.3) is 0 Å². The fourth-order valence-electron chi connectivity index (χ4n) is 5.12. The zero-order valence-corrected chi connectivity index (χ0v) is 29.7. The van der Waals surface area contributed by atoms with Gasteiger partial charge < -0.3 is 15.2 Å². The molecule has 264 valence electrons. The Morgan fingerprint density at radius 3 is 1.70 bits per heavy atom. The molecule has 0 aliphatic heterocycles. The number of carboxylic acid groups (broad SMARTS) is 1. The van der Waals surface area contributed by atoms with Gasteiger partial charge in [-0.15, -0.1) is 0 Å². The highest BCUT2D eigenvalue weighted by Crippen LogP contribution is 2.15. The molecule has 0 aliphatic carbocycles. The number of hydrogen-bond acceptors (Lipinski definition) is 4. The molecule has 0 rings (SSSR count). The molecule has 6 heteroatoms. The zero-order chi connectivity index (χ0) is 33.8. The van der Waals surface area contributed by atoms with E-state index in [1.54, 1.807) is 0 Å². The quantitative estimate of drug-likeness (QED) is 0.0422. The number of ether oxygens (including phenoxy) is 1. The molecule has 1 atom stereocenters. The monoisotopic (exact) mass is 644 g/mol. The van der Waals surface area contributed by atoms with Crippen molar-refractivity contribution < 1.29 is 24.2 Å². The third kappa shape index (κ3) is 34.2. The minimum atomic E-state index is -1.03. The van der Waals surface area contributed by atoms with E-state index in [1.165, 1.54) is 64.2 Å². The molecule has 6 nitrogen and oxygen atoms in total. The molecule has 0 aliphatic rings. The summed E-state index contributed by atoms with van der Waals surface area (Å²) in [5.41, 5.74) is 0. The molecular formula is C40H69NO5. The number of hydrogen-bond donors (Lipinski definition) is 2. The van der Waals surface area contributed by atoms with Crippen LogP contribution in [0.3, 0.4) is 0 Å².